The molecule has 0 heterocycles. The van der Waals surface area contributed by atoms with Crippen molar-refractivity contribution >= 4 is 23.7 Å². The highest BCUT2D eigenvalue weighted by Crippen LogP contribution is 2.49. The molecule has 1 unspecified atom stereocenters. The van der Waals surface area contributed by atoms with Gasteiger partial charge in [-0.3, -0.25) is 9.59 Å². The second kappa shape index (κ2) is 3.70. The van der Waals surface area contributed by atoms with Crippen LogP contribution >= 0.6 is 11.6 Å². The van der Waals surface area contributed by atoms with Gasteiger partial charge in [0, 0.05) is 5.02 Å². The highest BCUT2D eigenvalue weighted by atomic mass is 35.5. The van der Waals surface area contributed by atoms with E-state index in [4.69, 9.17) is 11.6 Å². The van der Waals surface area contributed by atoms with Gasteiger partial charge in [0.1, 0.15) is 0 Å². The highest BCUT2D eigenvalue weighted by Gasteiger charge is 2.44. The Morgan fingerprint density at radius 1 is 1.50 bits per heavy atom. The topological polar surface area (TPSA) is 34.1 Å². The Hall–Kier alpha value is -1.15. The third-order valence-corrected chi connectivity index (χ3v) is 3.59. The van der Waals surface area contributed by atoms with Crippen LogP contribution in [0.2, 0.25) is 5.02 Å². The second-order valence-electron chi connectivity index (χ2n) is 4.93. The van der Waals surface area contributed by atoms with E-state index in [0.717, 1.165) is 17.5 Å². The lowest BCUT2D eigenvalue weighted by Gasteiger charge is -2.24. The maximum absolute atomic E-state index is 11.7. The van der Waals surface area contributed by atoms with Gasteiger partial charge < -0.3 is 0 Å². The van der Waals surface area contributed by atoms with Crippen LogP contribution in [-0.4, -0.2) is 12.1 Å². The Morgan fingerprint density at radius 2 is 2.19 bits per heavy atom. The molecule has 1 aromatic carbocycles. The van der Waals surface area contributed by atoms with Crippen LogP contribution in [0.5, 0.6) is 0 Å². The Kier molecular flexibility index (Phi) is 2.62. The van der Waals surface area contributed by atoms with Gasteiger partial charge in [0.25, 0.3) is 0 Å². The highest BCUT2D eigenvalue weighted by molar-refractivity contribution is 6.33. The Bertz CT molecular complexity index is 463. The van der Waals surface area contributed by atoms with Crippen LogP contribution in [0, 0.1) is 5.41 Å². The molecule has 0 N–H and O–H groups in total. The number of halogens is 1. The zero-order valence-corrected chi connectivity index (χ0v) is 10.0. The number of aldehydes is 1. The van der Waals surface area contributed by atoms with E-state index in [1.165, 1.54) is 0 Å². The molecule has 16 heavy (non-hydrogen) atoms. The maximum Gasteiger partial charge on any atom is 0.203 e. The molecule has 0 spiro atoms. The summed E-state index contributed by atoms with van der Waals surface area (Å²) in [6, 6.07) is 5.62. The van der Waals surface area contributed by atoms with Crippen LogP contribution in [0.25, 0.3) is 0 Å². The molecule has 0 aromatic heterocycles. The van der Waals surface area contributed by atoms with E-state index in [-0.39, 0.29) is 11.2 Å². The molecule has 0 saturated heterocycles. The summed E-state index contributed by atoms with van der Waals surface area (Å²) < 4.78 is 0. The van der Waals surface area contributed by atoms with Crippen molar-refractivity contribution < 1.29 is 9.59 Å². The largest absolute Gasteiger partial charge is 0.295 e. The van der Waals surface area contributed by atoms with Crippen molar-refractivity contribution in [1.82, 2.24) is 0 Å². The summed E-state index contributed by atoms with van der Waals surface area (Å²) in [7, 11) is 0. The minimum Gasteiger partial charge on any atom is -0.295 e. The van der Waals surface area contributed by atoms with Crippen LogP contribution in [0.1, 0.15) is 30.9 Å². The molecular formula is C13H13ClO2. The van der Waals surface area contributed by atoms with Gasteiger partial charge in [-0.1, -0.05) is 37.6 Å². The Balaban J connectivity index is 2.60. The van der Waals surface area contributed by atoms with E-state index < -0.39 is 5.92 Å². The van der Waals surface area contributed by atoms with E-state index in [0.29, 0.717) is 11.3 Å². The zero-order valence-electron chi connectivity index (χ0n) is 9.29. The predicted octanol–water partition coefficient (Wildman–Crippen LogP) is 2.77. The molecule has 0 bridgehead atoms. The van der Waals surface area contributed by atoms with E-state index in [1.54, 1.807) is 6.07 Å². The average Bonchev–Trinajstić information content (AvgIpc) is 2.49. The Morgan fingerprint density at radius 3 is 2.81 bits per heavy atom. The third-order valence-electron chi connectivity index (χ3n) is 3.26. The first-order chi connectivity index (χ1) is 7.47. The summed E-state index contributed by atoms with van der Waals surface area (Å²) in [6.07, 6.45) is 1.19. The van der Waals surface area contributed by atoms with Crippen molar-refractivity contribution in [3.05, 3.63) is 34.3 Å². The number of rotatable bonds is 2. The molecule has 2 nitrogen and oxygen atoms in total. The smallest absolute Gasteiger partial charge is 0.203 e. The first-order valence-electron chi connectivity index (χ1n) is 5.23. The van der Waals surface area contributed by atoms with Crippen molar-refractivity contribution in [2.24, 2.45) is 5.41 Å². The van der Waals surface area contributed by atoms with E-state index in [9.17, 15) is 9.59 Å². The van der Waals surface area contributed by atoms with Crippen LogP contribution in [-0.2, 0) is 16.0 Å². The molecule has 0 fully saturated rings. The number of ketones is 1. The molecule has 0 aliphatic heterocycles. The first kappa shape index (κ1) is 11.3. The van der Waals surface area contributed by atoms with Gasteiger partial charge in [0.05, 0.1) is 5.92 Å². The van der Waals surface area contributed by atoms with Gasteiger partial charge in [-0.2, -0.15) is 0 Å². The van der Waals surface area contributed by atoms with Crippen LogP contribution in [0.15, 0.2) is 18.2 Å². The molecule has 1 atom stereocenters. The summed E-state index contributed by atoms with van der Waals surface area (Å²) in [5.74, 6) is -0.773. The molecule has 84 valence electrons. The van der Waals surface area contributed by atoms with Crippen molar-refractivity contribution in [2.45, 2.75) is 26.2 Å². The number of fused-ring (bicyclic) bond motifs is 1. The molecule has 3 heteroatoms. The fourth-order valence-electron chi connectivity index (χ4n) is 2.64. The lowest BCUT2D eigenvalue weighted by molar-refractivity contribution is -0.132. The molecular weight excluding hydrogens is 224 g/mol. The van der Waals surface area contributed by atoms with Crippen molar-refractivity contribution in [1.29, 1.82) is 0 Å². The van der Waals surface area contributed by atoms with Crippen LogP contribution in [0.4, 0.5) is 0 Å². The first-order valence-corrected chi connectivity index (χ1v) is 5.61. The molecule has 2 rings (SSSR count). The maximum atomic E-state index is 11.7. The fourth-order valence-corrected chi connectivity index (χ4v) is 2.94. The normalized spacial score (nSPS) is 21.6. The number of carbonyl (C=O) groups is 2. The lowest BCUT2D eigenvalue weighted by Crippen LogP contribution is -2.26. The van der Waals surface area contributed by atoms with Gasteiger partial charge in [0.2, 0.25) is 5.78 Å². The zero-order chi connectivity index (χ0) is 11.9. The van der Waals surface area contributed by atoms with Crippen molar-refractivity contribution in [2.75, 3.05) is 0 Å². The second-order valence-corrected chi connectivity index (χ2v) is 5.34. The summed E-state index contributed by atoms with van der Waals surface area (Å²) in [5.41, 5.74) is 1.69. The summed E-state index contributed by atoms with van der Waals surface area (Å²) in [6.45, 7) is 3.99. The lowest BCUT2D eigenvalue weighted by atomic mass is 9.77. The van der Waals surface area contributed by atoms with E-state index in [1.807, 2.05) is 26.0 Å². The molecule has 0 amide bonds. The van der Waals surface area contributed by atoms with Gasteiger partial charge >= 0.3 is 0 Å². The van der Waals surface area contributed by atoms with E-state index >= 15 is 0 Å². The van der Waals surface area contributed by atoms with Crippen LogP contribution in [0.3, 0.4) is 0 Å². The van der Waals surface area contributed by atoms with Gasteiger partial charge in [-0.25, -0.2) is 0 Å². The van der Waals surface area contributed by atoms with Gasteiger partial charge in [0.15, 0.2) is 6.29 Å². The van der Waals surface area contributed by atoms with Gasteiger partial charge in [-0.05, 0) is 29.0 Å². The summed E-state index contributed by atoms with van der Waals surface area (Å²) in [4.78, 5) is 22.4. The molecule has 0 radical (unpaired) electrons. The standard InChI is InChI=1S/C13H13ClO2/c1-13(2)6-8-4-3-5-9(14)11(8)12(13)10(16)7-15/h3-5,7,12H,6H2,1-2H3. The minimum atomic E-state index is -0.395. The average molecular weight is 237 g/mol. The quantitative estimate of drug-likeness (QED) is 0.585. The number of hydrogen-bond donors (Lipinski definition) is 0. The molecule has 0 saturated carbocycles. The predicted molar refractivity (Wildman–Crippen MR) is 62.7 cm³/mol. The van der Waals surface area contributed by atoms with E-state index in [2.05, 4.69) is 0 Å². The molecule has 1 aliphatic rings. The van der Waals surface area contributed by atoms with Crippen molar-refractivity contribution in [3.8, 4) is 0 Å². The number of benzene rings is 1. The number of hydrogen-bond acceptors (Lipinski definition) is 2. The SMILES string of the molecule is CC1(C)Cc2cccc(Cl)c2C1C(=O)C=O. The Labute approximate surface area is 99.6 Å². The molecule has 1 aliphatic carbocycles. The third kappa shape index (κ3) is 1.57. The summed E-state index contributed by atoms with van der Waals surface area (Å²) >= 11 is 6.12. The summed E-state index contributed by atoms with van der Waals surface area (Å²) in [5, 5.41) is 0.586. The van der Waals surface area contributed by atoms with Crippen LogP contribution < -0.4 is 0 Å². The number of carbonyl (C=O) groups excluding carboxylic acids is 2. The molecule has 1 aromatic rings. The van der Waals surface area contributed by atoms with Crippen molar-refractivity contribution in [3.63, 3.8) is 0 Å². The van der Waals surface area contributed by atoms with Gasteiger partial charge in [-0.15, -0.1) is 0 Å². The minimum absolute atomic E-state index is 0.231. The monoisotopic (exact) mass is 236 g/mol. The number of Topliss-reactive ketones (excluding diaryl/α,β-unsaturated/α-hetero) is 1. The fraction of sp³-hybridized carbons (Fsp3) is 0.385.